The molecule has 3 rings (SSSR count). The SMILES string of the molecule is CCCCN(CC(=O)N(CCc1c[nH]c2ccccc12)Cc1ccccc1)C(=O)C(C)(C)C. The highest BCUT2D eigenvalue weighted by atomic mass is 16.2. The van der Waals surface area contributed by atoms with E-state index in [1.807, 2.05) is 74.3 Å². The van der Waals surface area contributed by atoms with Gasteiger partial charge in [-0.15, -0.1) is 0 Å². The van der Waals surface area contributed by atoms with Crippen LogP contribution in [0.4, 0.5) is 0 Å². The monoisotopic (exact) mass is 447 g/mol. The number of benzene rings is 2. The van der Waals surface area contributed by atoms with Crippen molar-refractivity contribution in [3.05, 3.63) is 71.9 Å². The average molecular weight is 448 g/mol. The molecule has 2 aromatic carbocycles. The van der Waals surface area contributed by atoms with Gasteiger partial charge in [0.05, 0.1) is 6.54 Å². The second kappa shape index (κ2) is 11.2. The molecular formula is C28H37N3O2. The van der Waals surface area contributed by atoms with Crippen LogP contribution in [0, 0.1) is 5.41 Å². The molecule has 0 radical (unpaired) electrons. The van der Waals surface area contributed by atoms with E-state index in [-0.39, 0.29) is 18.4 Å². The third-order valence-corrected chi connectivity index (χ3v) is 5.93. The van der Waals surface area contributed by atoms with Crippen molar-refractivity contribution in [3.63, 3.8) is 0 Å². The van der Waals surface area contributed by atoms with Crippen LogP contribution >= 0.6 is 0 Å². The maximum Gasteiger partial charge on any atom is 0.242 e. The number of aromatic nitrogens is 1. The molecule has 0 aliphatic carbocycles. The zero-order valence-electron chi connectivity index (χ0n) is 20.4. The topological polar surface area (TPSA) is 56.4 Å². The molecule has 0 aliphatic heterocycles. The van der Waals surface area contributed by atoms with Crippen LogP contribution in [0.25, 0.3) is 10.9 Å². The summed E-state index contributed by atoms with van der Waals surface area (Å²) >= 11 is 0. The molecule has 1 aromatic heterocycles. The van der Waals surface area contributed by atoms with Crippen molar-refractivity contribution in [1.82, 2.24) is 14.8 Å². The Labute approximate surface area is 197 Å². The van der Waals surface area contributed by atoms with E-state index in [9.17, 15) is 9.59 Å². The number of para-hydroxylation sites is 1. The predicted molar refractivity (Wildman–Crippen MR) is 135 cm³/mol. The Kier molecular flexibility index (Phi) is 8.32. The number of carbonyl (C=O) groups is 2. The Morgan fingerprint density at radius 3 is 2.30 bits per heavy atom. The normalized spacial score (nSPS) is 11.5. The summed E-state index contributed by atoms with van der Waals surface area (Å²) in [5.74, 6) is 0.0213. The van der Waals surface area contributed by atoms with Gasteiger partial charge < -0.3 is 14.8 Å². The summed E-state index contributed by atoms with van der Waals surface area (Å²) in [6, 6.07) is 18.3. The second-order valence-electron chi connectivity index (χ2n) is 9.74. The highest BCUT2D eigenvalue weighted by Crippen LogP contribution is 2.20. The smallest absolute Gasteiger partial charge is 0.242 e. The summed E-state index contributed by atoms with van der Waals surface area (Å²) in [6.07, 6.45) is 4.66. The number of hydrogen-bond acceptors (Lipinski definition) is 2. The first kappa shape index (κ1) is 24.6. The second-order valence-corrected chi connectivity index (χ2v) is 9.74. The largest absolute Gasteiger partial charge is 0.361 e. The Morgan fingerprint density at radius 1 is 0.909 bits per heavy atom. The first-order valence-electron chi connectivity index (χ1n) is 12.0. The molecule has 0 saturated carbocycles. The number of H-pyrrole nitrogens is 1. The van der Waals surface area contributed by atoms with E-state index in [0.29, 0.717) is 19.6 Å². The Bertz CT molecular complexity index is 1050. The van der Waals surface area contributed by atoms with E-state index in [0.717, 1.165) is 30.3 Å². The third-order valence-electron chi connectivity index (χ3n) is 5.93. The molecule has 5 heteroatoms. The fourth-order valence-corrected chi connectivity index (χ4v) is 4.03. The molecule has 2 amide bonds. The van der Waals surface area contributed by atoms with Crippen LogP contribution in [0.5, 0.6) is 0 Å². The maximum absolute atomic E-state index is 13.5. The van der Waals surface area contributed by atoms with Gasteiger partial charge in [-0.05, 0) is 30.0 Å². The quantitative estimate of drug-likeness (QED) is 0.451. The van der Waals surface area contributed by atoms with Gasteiger partial charge in [0.15, 0.2) is 0 Å². The van der Waals surface area contributed by atoms with E-state index < -0.39 is 5.41 Å². The molecule has 0 atom stereocenters. The standard InChI is InChI=1S/C28H37N3O2/c1-5-6-17-31(27(33)28(2,3)4)21-26(32)30(20-22-12-8-7-9-13-22)18-16-23-19-29-25-15-11-10-14-24(23)25/h7-15,19,29H,5-6,16-18,20-21H2,1-4H3. The van der Waals surface area contributed by atoms with Gasteiger partial charge in [0.25, 0.3) is 0 Å². The average Bonchev–Trinajstić information content (AvgIpc) is 3.22. The molecule has 1 heterocycles. The van der Waals surface area contributed by atoms with Crippen molar-refractivity contribution in [2.45, 2.75) is 53.5 Å². The van der Waals surface area contributed by atoms with Gasteiger partial charge in [0.1, 0.15) is 0 Å². The number of carbonyl (C=O) groups excluding carboxylic acids is 2. The zero-order chi connectivity index (χ0) is 23.8. The molecule has 33 heavy (non-hydrogen) atoms. The summed E-state index contributed by atoms with van der Waals surface area (Å²) in [6.45, 7) is 9.71. The fourth-order valence-electron chi connectivity index (χ4n) is 4.03. The Balaban J connectivity index is 1.78. The fraction of sp³-hybridized carbons (Fsp3) is 0.429. The summed E-state index contributed by atoms with van der Waals surface area (Å²) in [7, 11) is 0. The van der Waals surface area contributed by atoms with Crippen molar-refractivity contribution >= 4 is 22.7 Å². The number of amides is 2. The van der Waals surface area contributed by atoms with Crippen LogP contribution in [-0.4, -0.2) is 46.2 Å². The molecule has 5 nitrogen and oxygen atoms in total. The summed E-state index contributed by atoms with van der Waals surface area (Å²) in [5.41, 5.74) is 2.88. The predicted octanol–water partition coefficient (Wildman–Crippen LogP) is 5.41. The van der Waals surface area contributed by atoms with Gasteiger partial charge in [0.2, 0.25) is 11.8 Å². The summed E-state index contributed by atoms with van der Waals surface area (Å²) in [4.78, 5) is 33.5. The number of hydrogen-bond donors (Lipinski definition) is 1. The Morgan fingerprint density at radius 2 is 1.61 bits per heavy atom. The first-order chi connectivity index (χ1) is 15.8. The van der Waals surface area contributed by atoms with Gasteiger partial charge in [-0.25, -0.2) is 0 Å². The van der Waals surface area contributed by atoms with Crippen molar-refractivity contribution in [3.8, 4) is 0 Å². The van der Waals surface area contributed by atoms with Crippen LogP contribution in [0.2, 0.25) is 0 Å². The van der Waals surface area contributed by atoms with E-state index in [1.54, 1.807) is 4.90 Å². The molecule has 1 N–H and O–H groups in total. The van der Waals surface area contributed by atoms with Crippen LogP contribution in [0.1, 0.15) is 51.7 Å². The first-order valence-corrected chi connectivity index (χ1v) is 12.0. The number of rotatable bonds is 10. The lowest BCUT2D eigenvalue weighted by molar-refractivity contribution is -0.145. The van der Waals surface area contributed by atoms with E-state index >= 15 is 0 Å². The number of nitrogens with one attached hydrogen (secondary N) is 1. The van der Waals surface area contributed by atoms with Crippen molar-refractivity contribution < 1.29 is 9.59 Å². The minimum atomic E-state index is -0.512. The van der Waals surface area contributed by atoms with Crippen molar-refractivity contribution in [2.24, 2.45) is 5.41 Å². The number of aromatic amines is 1. The number of fused-ring (bicyclic) bond motifs is 1. The van der Waals surface area contributed by atoms with Gasteiger partial charge >= 0.3 is 0 Å². The van der Waals surface area contributed by atoms with Gasteiger partial charge in [-0.1, -0.05) is 82.6 Å². The molecular weight excluding hydrogens is 410 g/mol. The minimum Gasteiger partial charge on any atom is -0.361 e. The molecule has 0 fully saturated rings. The molecule has 0 bridgehead atoms. The van der Waals surface area contributed by atoms with Crippen LogP contribution in [0.15, 0.2) is 60.8 Å². The van der Waals surface area contributed by atoms with Crippen molar-refractivity contribution in [2.75, 3.05) is 19.6 Å². The molecule has 0 saturated heterocycles. The van der Waals surface area contributed by atoms with E-state index in [4.69, 9.17) is 0 Å². The summed E-state index contributed by atoms with van der Waals surface area (Å²) < 4.78 is 0. The van der Waals surface area contributed by atoms with Gasteiger partial charge in [0, 0.05) is 42.1 Å². The van der Waals surface area contributed by atoms with Crippen molar-refractivity contribution in [1.29, 1.82) is 0 Å². The molecule has 176 valence electrons. The number of nitrogens with zero attached hydrogens (tertiary/aromatic N) is 2. The van der Waals surface area contributed by atoms with E-state index in [2.05, 4.69) is 24.0 Å². The van der Waals surface area contributed by atoms with Gasteiger partial charge in [-0.2, -0.15) is 0 Å². The zero-order valence-corrected chi connectivity index (χ0v) is 20.4. The number of unbranched alkanes of at least 4 members (excludes halogenated alkanes) is 1. The van der Waals surface area contributed by atoms with Gasteiger partial charge in [-0.3, -0.25) is 9.59 Å². The van der Waals surface area contributed by atoms with Crippen LogP contribution < -0.4 is 0 Å². The molecule has 0 unspecified atom stereocenters. The third kappa shape index (κ3) is 6.70. The molecule has 3 aromatic rings. The lowest BCUT2D eigenvalue weighted by Crippen LogP contribution is -2.47. The highest BCUT2D eigenvalue weighted by Gasteiger charge is 2.29. The maximum atomic E-state index is 13.5. The van der Waals surface area contributed by atoms with Crippen LogP contribution in [-0.2, 0) is 22.6 Å². The molecule has 0 aliphatic rings. The van der Waals surface area contributed by atoms with E-state index in [1.165, 1.54) is 10.9 Å². The summed E-state index contributed by atoms with van der Waals surface area (Å²) in [5, 5.41) is 1.19. The minimum absolute atomic E-state index is 0.00704. The lowest BCUT2D eigenvalue weighted by atomic mass is 9.94. The lowest BCUT2D eigenvalue weighted by Gasteiger charge is -2.31. The highest BCUT2D eigenvalue weighted by molar-refractivity contribution is 5.87. The Hall–Kier alpha value is -3.08. The molecule has 0 spiro atoms. The van der Waals surface area contributed by atoms with Crippen LogP contribution in [0.3, 0.4) is 0 Å².